The maximum Gasteiger partial charge on any atom is 0.189 e. The Morgan fingerprint density at radius 3 is 2.67 bits per heavy atom. The van der Waals surface area contributed by atoms with E-state index < -0.39 is 0 Å². The van der Waals surface area contributed by atoms with Crippen LogP contribution < -0.4 is 11.1 Å². The first-order valence-corrected chi connectivity index (χ1v) is 8.62. The van der Waals surface area contributed by atoms with Crippen LogP contribution in [-0.2, 0) is 6.54 Å². The lowest BCUT2D eigenvalue weighted by atomic mass is 10.0. The molecule has 0 saturated carbocycles. The Kier molecular flexibility index (Phi) is 6.85. The highest BCUT2D eigenvalue weighted by Crippen LogP contribution is 2.19. The highest BCUT2D eigenvalue weighted by molar-refractivity contribution is 5.78. The quantitative estimate of drug-likeness (QED) is 0.568. The minimum atomic E-state index is 0.324. The summed E-state index contributed by atoms with van der Waals surface area (Å²) in [7, 11) is 0. The van der Waals surface area contributed by atoms with E-state index in [4.69, 9.17) is 10.3 Å². The number of nitrogens with two attached hydrogens (primary N) is 1. The van der Waals surface area contributed by atoms with Gasteiger partial charge in [0, 0.05) is 17.7 Å². The van der Waals surface area contributed by atoms with Gasteiger partial charge in [-0.05, 0) is 19.3 Å². The van der Waals surface area contributed by atoms with Crippen molar-refractivity contribution < 1.29 is 4.52 Å². The predicted octanol–water partition coefficient (Wildman–Crippen LogP) is 3.96. The number of guanidine groups is 1. The molecular formula is C19H28N4O. The molecule has 1 aromatic carbocycles. The molecule has 2 rings (SSSR count). The molecular weight excluding hydrogens is 300 g/mol. The molecule has 0 aliphatic rings. The van der Waals surface area contributed by atoms with Crippen LogP contribution in [0.5, 0.6) is 0 Å². The normalized spacial score (nSPS) is 13.2. The number of rotatable bonds is 8. The van der Waals surface area contributed by atoms with Crippen LogP contribution in [0, 0.1) is 5.92 Å². The van der Waals surface area contributed by atoms with Gasteiger partial charge in [0.1, 0.15) is 5.69 Å². The number of benzene rings is 1. The summed E-state index contributed by atoms with van der Waals surface area (Å²) in [6, 6.07) is 12.1. The van der Waals surface area contributed by atoms with Gasteiger partial charge in [-0.25, -0.2) is 4.99 Å². The van der Waals surface area contributed by atoms with Crippen LogP contribution in [0.3, 0.4) is 0 Å². The number of hydrogen-bond donors (Lipinski definition) is 2. The van der Waals surface area contributed by atoms with Crippen molar-refractivity contribution in [2.24, 2.45) is 16.6 Å². The van der Waals surface area contributed by atoms with Crippen LogP contribution in [0.4, 0.5) is 0 Å². The third-order valence-corrected chi connectivity index (χ3v) is 3.84. The molecule has 130 valence electrons. The molecule has 0 spiro atoms. The van der Waals surface area contributed by atoms with Gasteiger partial charge in [0.2, 0.25) is 0 Å². The van der Waals surface area contributed by atoms with E-state index in [0.29, 0.717) is 18.5 Å². The van der Waals surface area contributed by atoms with Gasteiger partial charge in [0.05, 0.1) is 6.54 Å². The average molecular weight is 328 g/mol. The van der Waals surface area contributed by atoms with Gasteiger partial charge in [0.15, 0.2) is 11.7 Å². The number of nitrogens with zero attached hydrogens (tertiary/aromatic N) is 2. The second-order valence-electron chi connectivity index (χ2n) is 6.62. The first-order valence-electron chi connectivity index (χ1n) is 8.62. The molecule has 1 atom stereocenters. The highest BCUT2D eigenvalue weighted by Gasteiger charge is 2.07. The van der Waals surface area contributed by atoms with Crippen LogP contribution in [-0.4, -0.2) is 17.2 Å². The molecule has 1 heterocycles. The Hall–Kier alpha value is -2.30. The smallest absolute Gasteiger partial charge is 0.189 e. The number of hydrogen-bond acceptors (Lipinski definition) is 3. The first kappa shape index (κ1) is 18.0. The van der Waals surface area contributed by atoms with Crippen LogP contribution in [0.15, 0.2) is 45.9 Å². The summed E-state index contributed by atoms with van der Waals surface area (Å²) < 4.78 is 5.36. The zero-order valence-corrected chi connectivity index (χ0v) is 14.8. The summed E-state index contributed by atoms with van der Waals surface area (Å²) in [5.74, 6) is 1.94. The van der Waals surface area contributed by atoms with Gasteiger partial charge in [-0.3, -0.25) is 0 Å². The van der Waals surface area contributed by atoms with E-state index >= 15 is 0 Å². The number of nitrogens with one attached hydrogen (secondary N) is 1. The van der Waals surface area contributed by atoms with Crippen molar-refractivity contribution in [3.8, 4) is 11.3 Å². The first-order chi connectivity index (χ1) is 11.5. The van der Waals surface area contributed by atoms with E-state index in [9.17, 15) is 0 Å². The van der Waals surface area contributed by atoms with Crippen molar-refractivity contribution in [3.05, 3.63) is 42.1 Å². The highest BCUT2D eigenvalue weighted by atomic mass is 16.5. The molecule has 5 nitrogen and oxygen atoms in total. The molecule has 1 unspecified atom stereocenters. The number of aliphatic imine (C=N–C) groups is 1. The topological polar surface area (TPSA) is 76.4 Å². The summed E-state index contributed by atoms with van der Waals surface area (Å²) in [6.07, 6.45) is 3.53. The lowest BCUT2D eigenvalue weighted by molar-refractivity contribution is 0.424. The van der Waals surface area contributed by atoms with E-state index in [1.54, 1.807) is 0 Å². The molecule has 2 aromatic rings. The van der Waals surface area contributed by atoms with E-state index in [0.717, 1.165) is 29.4 Å². The van der Waals surface area contributed by atoms with Gasteiger partial charge in [0.25, 0.3) is 0 Å². The molecule has 24 heavy (non-hydrogen) atoms. The van der Waals surface area contributed by atoms with E-state index in [1.807, 2.05) is 36.4 Å². The van der Waals surface area contributed by atoms with E-state index in [1.165, 1.54) is 12.8 Å². The fraction of sp³-hybridized carbons (Fsp3) is 0.474. The van der Waals surface area contributed by atoms with Crippen LogP contribution in [0.25, 0.3) is 11.3 Å². The molecule has 0 bridgehead atoms. The van der Waals surface area contributed by atoms with Crippen LogP contribution in [0.2, 0.25) is 0 Å². The zero-order valence-electron chi connectivity index (χ0n) is 14.8. The Balaban J connectivity index is 1.81. The Morgan fingerprint density at radius 2 is 1.96 bits per heavy atom. The van der Waals surface area contributed by atoms with Crippen molar-refractivity contribution >= 4 is 5.96 Å². The largest absolute Gasteiger partial charge is 0.370 e. The van der Waals surface area contributed by atoms with Gasteiger partial charge >= 0.3 is 0 Å². The summed E-state index contributed by atoms with van der Waals surface area (Å²) in [5.41, 5.74) is 7.73. The zero-order chi connectivity index (χ0) is 17.4. The third-order valence-electron chi connectivity index (χ3n) is 3.84. The average Bonchev–Trinajstić information content (AvgIpc) is 3.02. The van der Waals surface area contributed by atoms with E-state index in [-0.39, 0.29) is 0 Å². The minimum absolute atomic E-state index is 0.324. The second-order valence-corrected chi connectivity index (χ2v) is 6.62. The second kappa shape index (κ2) is 9.11. The lowest BCUT2D eigenvalue weighted by Gasteiger charge is -2.14. The van der Waals surface area contributed by atoms with Crippen LogP contribution >= 0.6 is 0 Å². The predicted molar refractivity (Wildman–Crippen MR) is 98.6 cm³/mol. The molecule has 3 N–H and O–H groups in total. The van der Waals surface area contributed by atoms with Gasteiger partial charge in [-0.1, -0.05) is 62.2 Å². The standard InChI is InChI=1S/C19H28N4O/c1-14(2)8-7-9-15(3)22-19(20)21-13-17-12-18(24-23-17)16-10-5-4-6-11-16/h4-6,10-12,14-15H,7-9,13H2,1-3H3,(H3,20,21,22). The monoisotopic (exact) mass is 328 g/mol. The van der Waals surface area contributed by atoms with Gasteiger partial charge in [-0.2, -0.15) is 0 Å². The number of aromatic nitrogens is 1. The molecule has 0 saturated heterocycles. The summed E-state index contributed by atoms with van der Waals surface area (Å²) in [6.45, 7) is 7.03. The van der Waals surface area contributed by atoms with Crippen molar-refractivity contribution in [1.29, 1.82) is 0 Å². The van der Waals surface area contributed by atoms with Crippen molar-refractivity contribution in [1.82, 2.24) is 10.5 Å². The maximum absolute atomic E-state index is 5.95. The van der Waals surface area contributed by atoms with Gasteiger partial charge < -0.3 is 15.6 Å². The third kappa shape index (κ3) is 6.07. The lowest BCUT2D eigenvalue weighted by Crippen LogP contribution is -2.38. The van der Waals surface area contributed by atoms with E-state index in [2.05, 4.69) is 36.2 Å². The molecule has 0 aliphatic carbocycles. The van der Waals surface area contributed by atoms with Crippen molar-refractivity contribution in [3.63, 3.8) is 0 Å². The summed E-state index contributed by atoms with van der Waals surface area (Å²) in [5, 5.41) is 7.28. The summed E-state index contributed by atoms with van der Waals surface area (Å²) >= 11 is 0. The fourth-order valence-corrected chi connectivity index (χ4v) is 2.49. The van der Waals surface area contributed by atoms with Gasteiger partial charge in [-0.15, -0.1) is 0 Å². The Bertz CT molecular complexity index is 634. The minimum Gasteiger partial charge on any atom is -0.370 e. The summed E-state index contributed by atoms with van der Waals surface area (Å²) in [4.78, 5) is 4.35. The van der Waals surface area contributed by atoms with Crippen molar-refractivity contribution in [2.75, 3.05) is 0 Å². The maximum atomic E-state index is 5.95. The molecule has 0 amide bonds. The molecule has 0 aliphatic heterocycles. The fourth-order valence-electron chi connectivity index (χ4n) is 2.49. The Labute approximate surface area is 144 Å². The Morgan fingerprint density at radius 1 is 1.21 bits per heavy atom. The van der Waals surface area contributed by atoms with Crippen molar-refractivity contribution in [2.45, 2.75) is 52.6 Å². The SMILES string of the molecule is CC(C)CCCC(C)NC(N)=NCc1cc(-c2ccccc2)on1. The molecule has 5 heteroatoms. The molecule has 1 aromatic heterocycles. The molecule has 0 fully saturated rings. The van der Waals surface area contributed by atoms with Crippen LogP contribution in [0.1, 0.15) is 45.7 Å². The molecule has 0 radical (unpaired) electrons.